The van der Waals surface area contributed by atoms with Crippen molar-refractivity contribution in [2.75, 3.05) is 5.43 Å². The molecule has 2 aromatic rings. The summed E-state index contributed by atoms with van der Waals surface area (Å²) in [5.41, 5.74) is 6.00. The first kappa shape index (κ1) is 17.1. The lowest BCUT2D eigenvalue weighted by molar-refractivity contribution is -0.136. The van der Waals surface area contributed by atoms with Gasteiger partial charge in [-0.1, -0.05) is 28.1 Å². The quantitative estimate of drug-likeness (QED) is 0.594. The van der Waals surface area contributed by atoms with E-state index in [4.69, 9.17) is 5.11 Å². The summed E-state index contributed by atoms with van der Waals surface area (Å²) in [5.74, 6) is -0.468. The van der Waals surface area contributed by atoms with Gasteiger partial charge in [-0.05, 0) is 37.6 Å². The zero-order valence-electron chi connectivity index (χ0n) is 12.9. The van der Waals surface area contributed by atoms with Gasteiger partial charge in [-0.15, -0.1) is 0 Å². The number of carboxylic acid groups (broad SMARTS) is 1. The molecule has 0 fully saturated rings. The van der Waals surface area contributed by atoms with Crippen LogP contribution in [0.1, 0.15) is 29.8 Å². The van der Waals surface area contributed by atoms with Crippen molar-refractivity contribution in [3.05, 3.63) is 51.8 Å². The van der Waals surface area contributed by atoms with E-state index in [1.807, 2.05) is 44.2 Å². The molecule has 0 unspecified atom stereocenters. The third kappa shape index (κ3) is 5.45. The van der Waals surface area contributed by atoms with Crippen LogP contribution in [0.15, 0.2) is 39.9 Å². The molecule has 0 radical (unpaired) electrons. The van der Waals surface area contributed by atoms with E-state index in [9.17, 15) is 4.79 Å². The Morgan fingerprint density at radius 2 is 1.78 bits per heavy atom. The highest BCUT2D eigenvalue weighted by Gasteiger charge is 2.08. The molecular formula is C16H17BrN4O2. The number of hydrogen-bond acceptors (Lipinski definition) is 5. The molecular weight excluding hydrogens is 360 g/mol. The van der Waals surface area contributed by atoms with Crippen LogP contribution < -0.4 is 5.43 Å². The Bertz CT molecular complexity index is 709. The van der Waals surface area contributed by atoms with Gasteiger partial charge in [-0.25, -0.2) is 15.4 Å². The minimum absolute atomic E-state index is 0.00425. The first-order valence-electron chi connectivity index (χ1n) is 7.06. The Hall–Kier alpha value is -2.28. The van der Waals surface area contributed by atoms with Crippen molar-refractivity contribution in [1.82, 2.24) is 9.97 Å². The van der Waals surface area contributed by atoms with E-state index in [1.165, 1.54) is 0 Å². The third-order valence-electron chi connectivity index (χ3n) is 3.03. The Morgan fingerprint density at radius 1 is 1.17 bits per heavy atom. The number of rotatable bonds is 6. The minimum Gasteiger partial charge on any atom is -0.481 e. The van der Waals surface area contributed by atoms with Crippen molar-refractivity contribution in [1.29, 1.82) is 0 Å². The normalized spacial score (nSPS) is 11.3. The van der Waals surface area contributed by atoms with Gasteiger partial charge < -0.3 is 5.11 Å². The SMILES string of the molecule is Cc1cc(C)nc(N/N=C(/CCC(=O)O)c2ccc(Br)cc2)n1. The third-order valence-corrected chi connectivity index (χ3v) is 3.55. The van der Waals surface area contributed by atoms with Gasteiger partial charge in [0.2, 0.25) is 5.95 Å². The fraction of sp³-hybridized carbons (Fsp3) is 0.250. The topological polar surface area (TPSA) is 87.5 Å². The number of carboxylic acids is 1. The van der Waals surface area contributed by atoms with Crippen LogP contribution in [0.5, 0.6) is 0 Å². The van der Waals surface area contributed by atoms with Gasteiger partial charge in [-0.2, -0.15) is 5.10 Å². The molecule has 0 aliphatic rings. The number of nitrogens with zero attached hydrogens (tertiary/aromatic N) is 3. The lowest BCUT2D eigenvalue weighted by Crippen LogP contribution is -2.09. The lowest BCUT2D eigenvalue weighted by atomic mass is 10.1. The van der Waals surface area contributed by atoms with E-state index < -0.39 is 5.97 Å². The predicted octanol–water partition coefficient (Wildman–Crippen LogP) is 3.54. The molecule has 2 N–H and O–H groups in total. The van der Waals surface area contributed by atoms with Crippen LogP contribution in [0.3, 0.4) is 0 Å². The summed E-state index contributed by atoms with van der Waals surface area (Å²) < 4.78 is 0.949. The van der Waals surface area contributed by atoms with Crippen LogP contribution in [0.2, 0.25) is 0 Å². The molecule has 1 aromatic carbocycles. The molecule has 0 spiro atoms. The molecule has 1 aromatic heterocycles. The molecule has 7 heteroatoms. The molecule has 23 heavy (non-hydrogen) atoms. The number of nitrogens with one attached hydrogen (secondary N) is 1. The maximum Gasteiger partial charge on any atom is 0.303 e. The number of aryl methyl sites for hydroxylation is 2. The van der Waals surface area contributed by atoms with E-state index in [-0.39, 0.29) is 6.42 Å². The smallest absolute Gasteiger partial charge is 0.303 e. The first-order valence-corrected chi connectivity index (χ1v) is 7.86. The summed E-state index contributed by atoms with van der Waals surface area (Å²) >= 11 is 3.38. The van der Waals surface area contributed by atoms with Crippen molar-refractivity contribution in [3.63, 3.8) is 0 Å². The van der Waals surface area contributed by atoms with Crippen molar-refractivity contribution < 1.29 is 9.90 Å². The van der Waals surface area contributed by atoms with Gasteiger partial charge in [0.25, 0.3) is 0 Å². The van der Waals surface area contributed by atoms with E-state index in [0.29, 0.717) is 18.1 Å². The van der Waals surface area contributed by atoms with Crippen LogP contribution in [0.25, 0.3) is 0 Å². The number of benzene rings is 1. The summed E-state index contributed by atoms with van der Waals surface area (Å²) in [4.78, 5) is 19.4. The molecule has 0 atom stereocenters. The summed E-state index contributed by atoms with van der Waals surface area (Å²) in [5, 5.41) is 13.2. The summed E-state index contributed by atoms with van der Waals surface area (Å²) in [6, 6.07) is 9.41. The van der Waals surface area contributed by atoms with E-state index in [2.05, 4.69) is 36.4 Å². The average molecular weight is 377 g/mol. The zero-order chi connectivity index (χ0) is 16.8. The number of carbonyl (C=O) groups is 1. The molecule has 120 valence electrons. The predicted molar refractivity (Wildman–Crippen MR) is 92.7 cm³/mol. The molecule has 1 heterocycles. The highest BCUT2D eigenvalue weighted by molar-refractivity contribution is 9.10. The Morgan fingerprint density at radius 3 is 2.35 bits per heavy atom. The number of hydrazone groups is 1. The molecule has 0 aliphatic heterocycles. The summed E-state index contributed by atoms with van der Waals surface area (Å²) in [7, 11) is 0. The van der Waals surface area contributed by atoms with Crippen molar-refractivity contribution in [3.8, 4) is 0 Å². The molecule has 0 amide bonds. The maximum atomic E-state index is 10.8. The van der Waals surface area contributed by atoms with Crippen LogP contribution in [0, 0.1) is 13.8 Å². The van der Waals surface area contributed by atoms with Gasteiger partial charge in [-0.3, -0.25) is 4.79 Å². The average Bonchev–Trinajstić information content (AvgIpc) is 2.47. The molecule has 0 bridgehead atoms. The van der Waals surface area contributed by atoms with Gasteiger partial charge in [0.15, 0.2) is 0 Å². The van der Waals surface area contributed by atoms with Crippen LogP contribution in [0.4, 0.5) is 5.95 Å². The largest absolute Gasteiger partial charge is 0.481 e. The van der Waals surface area contributed by atoms with Crippen LogP contribution >= 0.6 is 15.9 Å². The maximum absolute atomic E-state index is 10.8. The minimum atomic E-state index is -0.863. The van der Waals surface area contributed by atoms with Crippen molar-refractivity contribution in [2.24, 2.45) is 5.10 Å². The first-order chi connectivity index (χ1) is 10.9. The van der Waals surface area contributed by atoms with Crippen molar-refractivity contribution in [2.45, 2.75) is 26.7 Å². The second-order valence-corrected chi connectivity index (χ2v) is 5.96. The Balaban J connectivity index is 2.24. The number of aromatic nitrogens is 2. The van der Waals surface area contributed by atoms with E-state index in [0.717, 1.165) is 21.4 Å². The fourth-order valence-corrected chi connectivity index (χ4v) is 2.29. The zero-order valence-corrected chi connectivity index (χ0v) is 14.5. The molecule has 0 saturated heterocycles. The van der Waals surface area contributed by atoms with E-state index in [1.54, 1.807) is 0 Å². The van der Waals surface area contributed by atoms with Gasteiger partial charge in [0, 0.05) is 22.3 Å². The van der Waals surface area contributed by atoms with Crippen LogP contribution in [-0.4, -0.2) is 26.8 Å². The number of aliphatic carboxylic acids is 1. The number of hydrogen-bond donors (Lipinski definition) is 2. The molecule has 2 rings (SSSR count). The van der Waals surface area contributed by atoms with Crippen molar-refractivity contribution >= 4 is 33.6 Å². The summed E-state index contributed by atoms with van der Waals surface area (Å²) in [6.07, 6.45) is 0.318. The highest BCUT2D eigenvalue weighted by Crippen LogP contribution is 2.14. The molecule has 0 aliphatic carbocycles. The second-order valence-electron chi connectivity index (χ2n) is 5.05. The second kappa shape index (κ2) is 7.82. The number of halogens is 1. The number of anilines is 1. The molecule has 6 nitrogen and oxygen atoms in total. The monoisotopic (exact) mass is 376 g/mol. The lowest BCUT2D eigenvalue weighted by Gasteiger charge is -2.07. The highest BCUT2D eigenvalue weighted by atomic mass is 79.9. The van der Waals surface area contributed by atoms with Gasteiger partial charge in [0.05, 0.1) is 12.1 Å². The van der Waals surface area contributed by atoms with Gasteiger partial charge >= 0.3 is 5.97 Å². The van der Waals surface area contributed by atoms with Crippen LogP contribution in [-0.2, 0) is 4.79 Å². The van der Waals surface area contributed by atoms with Gasteiger partial charge in [0.1, 0.15) is 0 Å². The Labute approximate surface area is 142 Å². The van der Waals surface area contributed by atoms with E-state index >= 15 is 0 Å². The fourth-order valence-electron chi connectivity index (χ4n) is 2.03. The Kier molecular flexibility index (Phi) is 5.81. The standard InChI is InChI=1S/C16H17BrN4O2/c1-10-9-11(2)19-16(18-10)21-20-14(7-8-15(22)23)12-3-5-13(17)6-4-12/h3-6,9H,7-8H2,1-2H3,(H,22,23)(H,18,19,21)/b20-14-. The summed E-state index contributed by atoms with van der Waals surface area (Å²) in [6.45, 7) is 3.76. The molecule has 0 saturated carbocycles.